The maximum atomic E-state index is 12.4. The van der Waals surface area contributed by atoms with E-state index in [2.05, 4.69) is 5.32 Å². The van der Waals surface area contributed by atoms with Crippen LogP contribution in [0.2, 0.25) is 0 Å². The molecule has 130 valence electrons. The van der Waals surface area contributed by atoms with Crippen molar-refractivity contribution in [2.45, 2.75) is 6.54 Å². The smallest absolute Gasteiger partial charge is 0.354 e. The first-order valence-electron chi connectivity index (χ1n) is 7.72. The minimum Gasteiger partial charge on any atom is -0.464 e. The molecule has 0 aliphatic heterocycles. The van der Waals surface area contributed by atoms with Crippen molar-refractivity contribution in [3.05, 3.63) is 47.5 Å². The number of rotatable bonds is 5. The summed E-state index contributed by atoms with van der Waals surface area (Å²) in [6, 6.07) is 11.2. The van der Waals surface area contributed by atoms with Gasteiger partial charge in [0, 0.05) is 30.9 Å². The molecule has 1 aromatic carbocycles. The first kappa shape index (κ1) is 17.0. The molecule has 6 nitrogen and oxygen atoms in total. The lowest BCUT2D eigenvalue weighted by Gasteiger charge is -2.13. The summed E-state index contributed by atoms with van der Waals surface area (Å²) in [7, 11) is 5.25. The van der Waals surface area contributed by atoms with E-state index in [1.165, 1.54) is 18.4 Å². The summed E-state index contributed by atoms with van der Waals surface area (Å²) in [6.45, 7) is 0.0455. The summed E-state index contributed by atoms with van der Waals surface area (Å²) in [5.41, 5.74) is 2.14. The zero-order valence-electron chi connectivity index (χ0n) is 14.3. The number of anilines is 2. The molecule has 7 heteroatoms. The standard InChI is InChI=1S/C18H19N3O3S/c1-20(2)14-6-4-13(5-7-14)19-16(22)11-21-15(18(23)24-3)10-12-8-9-25-17(12)21/h4-10H,11H2,1-3H3,(H,19,22). The minimum absolute atomic E-state index is 0.0455. The average Bonchev–Trinajstić information content (AvgIpc) is 3.17. The van der Waals surface area contributed by atoms with E-state index in [1.54, 1.807) is 10.6 Å². The number of thiophene rings is 1. The predicted molar refractivity (Wildman–Crippen MR) is 101 cm³/mol. The number of esters is 1. The van der Waals surface area contributed by atoms with Crippen molar-refractivity contribution in [1.29, 1.82) is 0 Å². The monoisotopic (exact) mass is 357 g/mol. The number of ether oxygens (including phenoxy) is 1. The molecule has 0 saturated heterocycles. The zero-order valence-corrected chi connectivity index (χ0v) is 15.1. The second-order valence-corrected chi connectivity index (χ2v) is 6.67. The molecule has 0 spiro atoms. The largest absolute Gasteiger partial charge is 0.464 e. The van der Waals surface area contributed by atoms with Gasteiger partial charge >= 0.3 is 5.97 Å². The van der Waals surface area contributed by atoms with Crippen LogP contribution >= 0.6 is 11.3 Å². The van der Waals surface area contributed by atoms with Gasteiger partial charge in [0.2, 0.25) is 5.91 Å². The van der Waals surface area contributed by atoms with Crippen LogP contribution in [0.15, 0.2) is 41.8 Å². The predicted octanol–water partition coefficient (Wildman–Crippen LogP) is 3.19. The summed E-state index contributed by atoms with van der Waals surface area (Å²) in [6.07, 6.45) is 0. The van der Waals surface area contributed by atoms with Crippen molar-refractivity contribution in [2.24, 2.45) is 0 Å². The Bertz CT molecular complexity index is 909. The van der Waals surface area contributed by atoms with Gasteiger partial charge in [0.1, 0.15) is 17.1 Å². The van der Waals surface area contributed by atoms with Gasteiger partial charge in [-0.25, -0.2) is 4.79 Å². The quantitative estimate of drug-likeness (QED) is 0.712. The fraction of sp³-hybridized carbons (Fsp3) is 0.222. The van der Waals surface area contributed by atoms with Gasteiger partial charge in [-0.15, -0.1) is 11.3 Å². The Morgan fingerprint density at radius 3 is 2.56 bits per heavy atom. The second-order valence-electron chi connectivity index (χ2n) is 5.78. The highest BCUT2D eigenvalue weighted by molar-refractivity contribution is 7.16. The number of carbonyl (C=O) groups is 2. The molecule has 0 bridgehead atoms. The molecule has 1 amide bonds. The van der Waals surface area contributed by atoms with Gasteiger partial charge in [0.15, 0.2) is 0 Å². The Kier molecular flexibility index (Phi) is 4.76. The molecule has 0 aliphatic rings. The fourth-order valence-electron chi connectivity index (χ4n) is 2.59. The van der Waals surface area contributed by atoms with Crippen molar-refractivity contribution in [3.8, 4) is 0 Å². The molecule has 0 radical (unpaired) electrons. The number of hydrogen-bond acceptors (Lipinski definition) is 5. The van der Waals surface area contributed by atoms with E-state index in [1.807, 2.05) is 54.7 Å². The van der Waals surface area contributed by atoms with Crippen LogP contribution in [0, 0.1) is 0 Å². The summed E-state index contributed by atoms with van der Waals surface area (Å²) in [4.78, 5) is 27.3. The lowest BCUT2D eigenvalue weighted by Crippen LogP contribution is -2.21. The SMILES string of the molecule is COC(=O)c1cc2ccsc2n1CC(=O)Nc1ccc(N(C)C)cc1. The highest BCUT2D eigenvalue weighted by Gasteiger charge is 2.19. The normalized spacial score (nSPS) is 10.7. The van der Waals surface area contributed by atoms with Crippen LogP contribution in [0.3, 0.4) is 0 Å². The first-order chi connectivity index (χ1) is 12.0. The molecule has 2 aromatic heterocycles. The van der Waals surface area contributed by atoms with Gasteiger partial charge in [-0.2, -0.15) is 0 Å². The molecule has 25 heavy (non-hydrogen) atoms. The van der Waals surface area contributed by atoms with Gasteiger partial charge in [-0.1, -0.05) is 0 Å². The number of hydrogen-bond donors (Lipinski definition) is 1. The minimum atomic E-state index is -0.452. The number of benzene rings is 1. The van der Waals surface area contributed by atoms with Gasteiger partial charge in [0.05, 0.1) is 7.11 Å². The lowest BCUT2D eigenvalue weighted by molar-refractivity contribution is -0.116. The van der Waals surface area contributed by atoms with E-state index in [0.29, 0.717) is 11.4 Å². The molecule has 0 unspecified atom stereocenters. The molecule has 3 rings (SSSR count). The number of amides is 1. The van der Waals surface area contributed by atoms with Crippen LogP contribution in [-0.2, 0) is 16.1 Å². The van der Waals surface area contributed by atoms with Crippen LogP contribution in [0.1, 0.15) is 10.5 Å². The zero-order chi connectivity index (χ0) is 18.0. The van der Waals surface area contributed by atoms with E-state index in [9.17, 15) is 9.59 Å². The summed E-state index contributed by atoms with van der Waals surface area (Å²) < 4.78 is 6.51. The van der Waals surface area contributed by atoms with Crippen molar-refractivity contribution >= 4 is 44.8 Å². The van der Waals surface area contributed by atoms with Gasteiger partial charge in [0.25, 0.3) is 0 Å². The summed E-state index contributed by atoms with van der Waals surface area (Å²) in [5.74, 6) is -0.653. The van der Waals surface area contributed by atoms with E-state index >= 15 is 0 Å². The fourth-order valence-corrected chi connectivity index (χ4v) is 3.49. The number of fused-ring (bicyclic) bond motifs is 1. The van der Waals surface area contributed by atoms with Crippen molar-refractivity contribution in [2.75, 3.05) is 31.4 Å². The molecule has 0 saturated carbocycles. The Morgan fingerprint density at radius 1 is 1.20 bits per heavy atom. The molecular formula is C18H19N3O3S. The number of nitrogens with zero attached hydrogens (tertiary/aromatic N) is 2. The molecule has 2 heterocycles. The van der Waals surface area contributed by atoms with Crippen molar-refractivity contribution in [3.63, 3.8) is 0 Å². The Morgan fingerprint density at radius 2 is 1.92 bits per heavy atom. The van der Waals surface area contributed by atoms with Crippen LogP contribution in [0.25, 0.3) is 10.2 Å². The number of aromatic nitrogens is 1. The topological polar surface area (TPSA) is 63.6 Å². The summed E-state index contributed by atoms with van der Waals surface area (Å²) >= 11 is 1.49. The van der Waals surface area contributed by atoms with Crippen molar-refractivity contribution in [1.82, 2.24) is 4.57 Å². The maximum absolute atomic E-state index is 12.4. The van der Waals surface area contributed by atoms with Crippen molar-refractivity contribution < 1.29 is 14.3 Å². The molecule has 0 atom stereocenters. The number of carbonyl (C=O) groups excluding carboxylic acids is 2. The number of nitrogens with one attached hydrogen (secondary N) is 1. The van der Waals surface area contributed by atoms with Gasteiger partial charge in [-0.05, 0) is 41.8 Å². The third-order valence-electron chi connectivity index (χ3n) is 3.87. The number of methoxy groups -OCH3 is 1. The van der Waals surface area contributed by atoms with Crippen LogP contribution in [-0.4, -0.2) is 37.6 Å². The Labute approximate surface area is 149 Å². The van der Waals surface area contributed by atoms with E-state index < -0.39 is 5.97 Å². The van der Waals surface area contributed by atoms with E-state index in [0.717, 1.165) is 15.9 Å². The average molecular weight is 357 g/mol. The van der Waals surface area contributed by atoms with E-state index in [-0.39, 0.29) is 12.5 Å². The van der Waals surface area contributed by atoms with Gasteiger partial charge < -0.3 is 19.5 Å². The molecule has 0 fully saturated rings. The third-order valence-corrected chi connectivity index (χ3v) is 4.82. The Balaban J connectivity index is 1.79. The maximum Gasteiger partial charge on any atom is 0.354 e. The molecular weight excluding hydrogens is 338 g/mol. The molecule has 0 aliphatic carbocycles. The lowest BCUT2D eigenvalue weighted by atomic mass is 10.2. The summed E-state index contributed by atoms with van der Waals surface area (Å²) in [5, 5.41) is 5.72. The van der Waals surface area contributed by atoms with Crippen LogP contribution in [0.4, 0.5) is 11.4 Å². The van der Waals surface area contributed by atoms with Gasteiger partial charge in [-0.3, -0.25) is 4.79 Å². The third kappa shape index (κ3) is 3.51. The molecule has 1 N–H and O–H groups in total. The highest BCUT2D eigenvalue weighted by Crippen LogP contribution is 2.26. The molecule has 3 aromatic rings. The van der Waals surface area contributed by atoms with E-state index in [4.69, 9.17) is 4.74 Å². The first-order valence-corrected chi connectivity index (χ1v) is 8.60. The highest BCUT2D eigenvalue weighted by atomic mass is 32.1. The second kappa shape index (κ2) is 6.98. The Hall–Kier alpha value is -2.80. The van der Waals surface area contributed by atoms with Crippen LogP contribution in [0.5, 0.6) is 0 Å². The van der Waals surface area contributed by atoms with Crippen LogP contribution < -0.4 is 10.2 Å².